The Bertz CT molecular complexity index is 1200. The van der Waals surface area contributed by atoms with Gasteiger partial charge < -0.3 is 10.6 Å². The molecule has 2 amide bonds. The van der Waals surface area contributed by atoms with Crippen molar-refractivity contribution < 1.29 is 18.0 Å². The molecular weight excluding hydrogens is 436 g/mol. The molecule has 0 spiro atoms. The molecule has 0 unspecified atom stereocenters. The number of nitrogens with zero attached hydrogens (tertiary/aromatic N) is 1. The molecule has 0 atom stereocenters. The minimum atomic E-state index is -3.73. The summed E-state index contributed by atoms with van der Waals surface area (Å²) in [5.74, 6) is -0.610. The van der Waals surface area contributed by atoms with E-state index in [0.717, 1.165) is 0 Å². The molecular formula is C21H18N4O4S2. The standard InChI is InChI=1S/C21H18N4O4S2/c22-12-2-13-23-31(28,29)18-10-4-15(5-11-18)20(26)24-16-6-8-17(9-7-16)25-21(27)19-3-1-14-30-19/h1,3-11,14,23H,2,13H2,(H,24,26)(H,25,27). The second-order valence-electron chi connectivity index (χ2n) is 6.29. The predicted octanol–water partition coefficient (Wildman–Crippen LogP) is 3.44. The fraction of sp³-hybridized carbons (Fsp3) is 0.0952. The van der Waals surface area contributed by atoms with Gasteiger partial charge in [0.2, 0.25) is 10.0 Å². The molecule has 3 N–H and O–H groups in total. The quantitative estimate of drug-likeness (QED) is 0.449. The van der Waals surface area contributed by atoms with E-state index in [1.54, 1.807) is 36.4 Å². The fourth-order valence-corrected chi connectivity index (χ4v) is 4.20. The Morgan fingerprint density at radius 3 is 2.06 bits per heavy atom. The van der Waals surface area contributed by atoms with Crippen molar-refractivity contribution in [3.05, 3.63) is 76.5 Å². The molecule has 31 heavy (non-hydrogen) atoms. The highest BCUT2D eigenvalue weighted by Gasteiger charge is 2.14. The SMILES string of the molecule is N#CCCNS(=O)(=O)c1ccc(C(=O)Nc2ccc(NC(=O)c3cccs3)cc2)cc1. The minimum Gasteiger partial charge on any atom is -0.322 e. The van der Waals surface area contributed by atoms with Crippen LogP contribution in [-0.2, 0) is 10.0 Å². The smallest absolute Gasteiger partial charge is 0.265 e. The Morgan fingerprint density at radius 1 is 0.903 bits per heavy atom. The zero-order chi connectivity index (χ0) is 22.3. The van der Waals surface area contributed by atoms with Crippen molar-refractivity contribution in [1.82, 2.24) is 4.72 Å². The van der Waals surface area contributed by atoms with Gasteiger partial charge >= 0.3 is 0 Å². The first-order valence-corrected chi connectivity index (χ1v) is 11.5. The first-order chi connectivity index (χ1) is 14.9. The van der Waals surface area contributed by atoms with E-state index in [4.69, 9.17) is 5.26 Å². The Kier molecular flexibility index (Phi) is 7.15. The third-order valence-corrected chi connectivity index (χ3v) is 6.45. The Hall–Kier alpha value is -3.52. The third kappa shape index (κ3) is 5.99. The van der Waals surface area contributed by atoms with Gasteiger partial charge in [0, 0.05) is 29.9 Å². The number of hydrogen-bond acceptors (Lipinski definition) is 6. The number of thiophene rings is 1. The molecule has 0 aliphatic carbocycles. The Morgan fingerprint density at radius 2 is 1.52 bits per heavy atom. The molecule has 0 saturated heterocycles. The number of anilines is 2. The first kappa shape index (κ1) is 22.2. The molecule has 2 aromatic carbocycles. The maximum atomic E-state index is 12.4. The van der Waals surface area contributed by atoms with Gasteiger partial charge in [0.05, 0.1) is 15.8 Å². The lowest BCUT2D eigenvalue weighted by atomic mass is 10.2. The van der Waals surface area contributed by atoms with E-state index in [1.807, 2.05) is 11.4 Å². The van der Waals surface area contributed by atoms with Crippen molar-refractivity contribution >= 4 is 44.5 Å². The van der Waals surface area contributed by atoms with Crippen LogP contribution in [0.2, 0.25) is 0 Å². The van der Waals surface area contributed by atoms with E-state index in [-0.39, 0.29) is 29.3 Å². The van der Waals surface area contributed by atoms with Crippen molar-refractivity contribution in [2.45, 2.75) is 11.3 Å². The van der Waals surface area contributed by atoms with Gasteiger partial charge in [-0.3, -0.25) is 9.59 Å². The summed E-state index contributed by atoms with van der Waals surface area (Å²) in [5.41, 5.74) is 1.40. The van der Waals surface area contributed by atoms with Crippen LogP contribution in [0.25, 0.3) is 0 Å². The van der Waals surface area contributed by atoms with Gasteiger partial charge in [-0.15, -0.1) is 11.3 Å². The lowest BCUT2D eigenvalue weighted by molar-refractivity contribution is 0.102. The summed E-state index contributed by atoms with van der Waals surface area (Å²) in [6.45, 7) is 0.0187. The largest absolute Gasteiger partial charge is 0.322 e. The maximum absolute atomic E-state index is 12.4. The van der Waals surface area contributed by atoms with Crippen molar-refractivity contribution in [3.63, 3.8) is 0 Å². The number of carbonyl (C=O) groups is 2. The van der Waals surface area contributed by atoms with E-state index < -0.39 is 15.9 Å². The topological polar surface area (TPSA) is 128 Å². The average molecular weight is 455 g/mol. The molecule has 0 radical (unpaired) electrons. The number of carbonyl (C=O) groups excluding carboxylic acids is 2. The zero-order valence-corrected chi connectivity index (χ0v) is 17.8. The molecule has 1 heterocycles. The molecule has 0 aliphatic heterocycles. The Labute approximate surface area is 183 Å². The van der Waals surface area contributed by atoms with Crippen molar-refractivity contribution in [2.24, 2.45) is 0 Å². The Balaban J connectivity index is 1.60. The summed E-state index contributed by atoms with van der Waals surface area (Å²) < 4.78 is 26.5. The molecule has 0 fully saturated rings. The molecule has 0 aliphatic rings. The van der Waals surface area contributed by atoms with Gasteiger partial charge in [0.1, 0.15) is 0 Å². The third-order valence-electron chi connectivity index (χ3n) is 4.10. The average Bonchev–Trinajstić information content (AvgIpc) is 3.30. The molecule has 8 nitrogen and oxygen atoms in total. The van der Waals surface area contributed by atoms with Crippen molar-refractivity contribution in [1.29, 1.82) is 5.26 Å². The van der Waals surface area contributed by atoms with E-state index in [0.29, 0.717) is 16.3 Å². The van der Waals surface area contributed by atoms with Gasteiger partial charge in [0.25, 0.3) is 11.8 Å². The monoisotopic (exact) mass is 454 g/mol. The zero-order valence-electron chi connectivity index (χ0n) is 16.2. The summed E-state index contributed by atoms with van der Waals surface area (Å²) in [7, 11) is -3.73. The highest BCUT2D eigenvalue weighted by Crippen LogP contribution is 2.18. The van der Waals surface area contributed by atoms with Crippen LogP contribution in [0, 0.1) is 11.3 Å². The predicted molar refractivity (Wildman–Crippen MR) is 119 cm³/mol. The second kappa shape index (κ2) is 9.99. The maximum Gasteiger partial charge on any atom is 0.265 e. The van der Waals surface area contributed by atoms with Crippen LogP contribution >= 0.6 is 11.3 Å². The molecule has 0 bridgehead atoms. The first-order valence-electron chi connectivity index (χ1n) is 9.12. The molecule has 1 aromatic heterocycles. The van der Waals surface area contributed by atoms with Gasteiger partial charge in [-0.05, 0) is 60.0 Å². The van der Waals surface area contributed by atoms with Gasteiger partial charge in [-0.2, -0.15) is 5.26 Å². The van der Waals surface area contributed by atoms with E-state index >= 15 is 0 Å². The van der Waals surface area contributed by atoms with Gasteiger partial charge in [-0.25, -0.2) is 13.1 Å². The summed E-state index contributed by atoms with van der Waals surface area (Å²) in [6, 6.07) is 17.5. The van der Waals surface area contributed by atoms with Crippen molar-refractivity contribution in [2.75, 3.05) is 17.2 Å². The minimum absolute atomic E-state index is 0.00725. The van der Waals surface area contributed by atoms with Gasteiger partial charge in [0.15, 0.2) is 0 Å². The van der Waals surface area contributed by atoms with Crippen LogP contribution in [0.5, 0.6) is 0 Å². The van der Waals surface area contributed by atoms with Crippen molar-refractivity contribution in [3.8, 4) is 6.07 Å². The van der Waals surface area contributed by atoms with E-state index in [1.165, 1.54) is 35.6 Å². The molecule has 10 heteroatoms. The van der Waals surface area contributed by atoms with Crippen LogP contribution < -0.4 is 15.4 Å². The molecule has 3 rings (SSSR count). The van der Waals surface area contributed by atoms with Crippen LogP contribution in [0.15, 0.2) is 70.9 Å². The number of nitrogens with one attached hydrogen (secondary N) is 3. The number of benzene rings is 2. The lowest BCUT2D eigenvalue weighted by Crippen LogP contribution is -2.24. The number of hydrogen-bond donors (Lipinski definition) is 3. The number of amides is 2. The number of rotatable bonds is 8. The molecule has 3 aromatic rings. The lowest BCUT2D eigenvalue weighted by Gasteiger charge is -2.09. The molecule has 0 saturated carbocycles. The number of nitriles is 1. The summed E-state index contributed by atoms with van der Waals surface area (Å²) in [4.78, 5) is 25.1. The summed E-state index contributed by atoms with van der Waals surface area (Å²) in [5, 5.41) is 15.8. The summed E-state index contributed by atoms with van der Waals surface area (Å²) >= 11 is 1.34. The van der Waals surface area contributed by atoms with E-state index in [2.05, 4.69) is 15.4 Å². The van der Waals surface area contributed by atoms with Crippen LogP contribution in [0.3, 0.4) is 0 Å². The second-order valence-corrected chi connectivity index (χ2v) is 9.01. The van der Waals surface area contributed by atoms with Gasteiger partial charge in [-0.1, -0.05) is 6.07 Å². The van der Waals surface area contributed by atoms with Crippen LogP contribution in [-0.4, -0.2) is 26.8 Å². The van der Waals surface area contributed by atoms with Crippen LogP contribution in [0.4, 0.5) is 11.4 Å². The highest BCUT2D eigenvalue weighted by atomic mass is 32.2. The normalized spacial score (nSPS) is 10.8. The van der Waals surface area contributed by atoms with Crippen LogP contribution in [0.1, 0.15) is 26.5 Å². The molecule has 158 valence electrons. The highest BCUT2D eigenvalue weighted by molar-refractivity contribution is 7.89. The summed E-state index contributed by atoms with van der Waals surface area (Å²) in [6.07, 6.45) is 0.0657. The fourth-order valence-electron chi connectivity index (χ4n) is 2.55. The number of sulfonamides is 1. The van der Waals surface area contributed by atoms with E-state index in [9.17, 15) is 18.0 Å².